The SMILES string of the molecule is CC12N=C(c3ccccc3N)OC1=CC=CN2. The highest BCUT2D eigenvalue weighted by Gasteiger charge is 2.38. The van der Waals surface area contributed by atoms with Crippen molar-refractivity contribution in [2.75, 3.05) is 5.73 Å². The van der Waals surface area contributed by atoms with Gasteiger partial charge in [-0.15, -0.1) is 0 Å². The predicted octanol–water partition coefficient (Wildman–Crippen LogP) is 1.76. The van der Waals surface area contributed by atoms with E-state index in [2.05, 4.69) is 10.3 Å². The second-order valence-electron chi connectivity index (χ2n) is 4.21. The van der Waals surface area contributed by atoms with Gasteiger partial charge >= 0.3 is 0 Å². The minimum absolute atomic E-state index is 0.508. The number of aliphatic imine (C=N–C) groups is 1. The molecule has 0 bridgehead atoms. The van der Waals surface area contributed by atoms with Gasteiger partial charge in [0.25, 0.3) is 0 Å². The van der Waals surface area contributed by atoms with Crippen LogP contribution >= 0.6 is 0 Å². The Balaban J connectivity index is 2.04. The molecule has 0 aliphatic carbocycles. The van der Waals surface area contributed by atoms with Crippen LogP contribution in [0.5, 0.6) is 0 Å². The zero-order chi connectivity index (χ0) is 11.9. The smallest absolute Gasteiger partial charge is 0.226 e. The first-order valence-electron chi connectivity index (χ1n) is 5.47. The Morgan fingerprint density at radius 1 is 1.35 bits per heavy atom. The normalized spacial score (nSPS) is 25.5. The van der Waals surface area contributed by atoms with E-state index in [1.165, 1.54) is 0 Å². The van der Waals surface area contributed by atoms with Crippen molar-refractivity contribution < 1.29 is 4.74 Å². The van der Waals surface area contributed by atoms with E-state index in [1.54, 1.807) is 0 Å². The molecule has 86 valence electrons. The van der Waals surface area contributed by atoms with Crippen LogP contribution in [-0.2, 0) is 4.74 Å². The van der Waals surface area contributed by atoms with Gasteiger partial charge in [0.15, 0.2) is 11.4 Å². The zero-order valence-corrected chi connectivity index (χ0v) is 9.47. The van der Waals surface area contributed by atoms with Gasteiger partial charge in [0.1, 0.15) is 0 Å². The number of rotatable bonds is 1. The molecular weight excluding hydrogens is 214 g/mol. The monoisotopic (exact) mass is 227 g/mol. The number of nitrogens with one attached hydrogen (secondary N) is 1. The lowest BCUT2D eigenvalue weighted by Gasteiger charge is -2.23. The fraction of sp³-hybridized carbons (Fsp3) is 0.154. The van der Waals surface area contributed by atoms with Gasteiger partial charge in [-0.1, -0.05) is 12.1 Å². The molecule has 0 aromatic heterocycles. The summed E-state index contributed by atoms with van der Waals surface area (Å²) in [6.45, 7) is 1.97. The first-order valence-corrected chi connectivity index (χ1v) is 5.47. The number of nitrogens with two attached hydrogens (primary N) is 1. The molecule has 0 radical (unpaired) electrons. The fourth-order valence-electron chi connectivity index (χ4n) is 1.94. The molecular formula is C13H13N3O. The van der Waals surface area contributed by atoms with Crippen LogP contribution in [0.15, 0.2) is 53.4 Å². The number of anilines is 1. The Morgan fingerprint density at radius 2 is 2.18 bits per heavy atom. The summed E-state index contributed by atoms with van der Waals surface area (Å²) in [6.07, 6.45) is 5.66. The molecule has 1 aromatic carbocycles. The van der Waals surface area contributed by atoms with Gasteiger partial charge < -0.3 is 15.8 Å². The lowest BCUT2D eigenvalue weighted by atomic mass is 10.1. The van der Waals surface area contributed by atoms with Crippen LogP contribution in [0.2, 0.25) is 0 Å². The summed E-state index contributed by atoms with van der Waals surface area (Å²) < 4.78 is 5.75. The molecule has 3 N–H and O–H groups in total. The van der Waals surface area contributed by atoms with Crippen LogP contribution in [0.1, 0.15) is 12.5 Å². The standard InChI is InChI=1S/C13H13N3O/c1-13-11(7-4-8-15-13)17-12(16-13)9-5-2-3-6-10(9)14/h2-8,15H,14H2,1H3. The van der Waals surface area contributed by atoms with Gasteiger partial charge in [-0.2, -0.15) is 0 Å². The van der Waals surface area contributed by atoms with E-state index < -0.39 is 5.66 Å². The fourth-order valence-corrected chi connectivity index (χ4v) is 1.94. The largest absolute Gasteiger partial charge is 0.438 e. The Bertz CT molecular complexity index is 560. The summed E-state index contributed by atoms with van der Waals surface area (Å²) in [5.74, 6) is 1.35. The molecule has 0 saturated carbocycles. The van der Waals surface area contributed by atoms with E-state index >= 15 is 0 Å². The van der Waals surface area contributed by atoms with Gasteiger partial charge in [0.05, 0.1) is 5.56 Å². The van der Waals surface area contributed by atoms with Crippen molar-refractivity contribution in [1.82, 2.24) is 5.32 Å². The molecule has 0 fully saturated rings. The number of para-hydroxylation sites is 1. The van der Waals surface area contributed by atoms with E-state index in [9.17, 15) is 0 Å². The van der Waals surface area contributed by atoms with Crippen LogP contribution in [0.3, 0.4) is 0 Å². The molecule has 0 saturated heterocycles. The van der Waals surface area contributed by atoms with Gasteiger partial charge in [-0.3, -0.25) is 0 Å². The van der Waals surface area contributed by atoms with E-state index in [4.69, 9.17) is 10.5 Å². The number of dihydropyridines is 1. The molecule has 4 nitrogen and oxygen atoms in total. The number of hydrogen-bond acceptors (Lipinski definition) is 4. The summed E-state index contributed by atoms with van der Waals surface area (Å²) in [4.78, 5) is 4.56. The number of nitrogen functional groups attached to an aromatic ring is 1. The summed E-state index contributed by atoms with van der Waals surface area (Å²) in [7, 11) is 0. The van der Waals surface area contributed by atoms with Crippen molar-refractivity contribution in [3.63, 3.8) is 0 Å². The molecule has 1 atom stereocenters. The third-order valence-corrected chi connectivity index (χ3v) is 2.91. The van der Waals surface area contributed by atoms with E-state index in [0.29, 0.717) is 11.6 Å². The van der Waals surface area contributed by atoms with Gasteiger partial charge in [0, 0.05) is 5.69 Å². The number of benzene rings is 1. The van der Waals surface area contributed by atoms with E-state index in [-0.39, 0.29) is 0 Å². The lowest BCUT2D eigenvalue weighted by Crippen LogP contribution is -2.38. The van der Waals surface area contributed by atoms with Crippen molar-refractivity contribution in [2.24, 2.45) is 4.99 Å². The topological polar surface area (TPSA) is 59.6 Å². The van der Waals surface area contributed by atoms with Gasteiger partial charge in [0.2, 0.25) is 5.90 Å². The molecule has 17 heavy (non-hydrogen) atoms. The quantitative estimate of drug-likeness (QED) is 0.719. The number of ether oxygens (including phenoxy) is 1. The third-order valence-electron chi connectivity index (χ3n) is 2.91. The second kappa shape index (κ2) is 3.38. The van der Waals surface area contributed by atoms with Crippen molar-refractivity contribution in [3.05, 3.63) is 53.9 Å². The Kier molecular flexibility index (Phi) is 1.98. The van der Waals surface area contributed by atoms with Gasteiger partial charge in [-0.25, -0.2) is 4.99 Å². The average molecular weight is 227 g/mol. The highest BCUT2D eigenvalue weighted by molar-refractivity contribution is 6.01. The van der Waals surface area contributed by atoms with Crippen molar-refractivity contribution in [3.8, 4) is 0 Å². The summed E-state index contributed by atoms with van der Waals surface area (Å²) in [5.41, 5.74) is 6.90. The van der Waals surface area contributed by atoms with Crippen molar-refractivity contribution in [1.29, 1.82) is 0 Å². The van der Waals surface area contributed by atoms with Crippen LogP contribution in [0.25, 0.3) is 0 Å². The maximum Gasteiger partial charge on any atom is 0.226 e. The van der Waals surface area contributed by atoms with Crippen molar-refractivity contribution in [2.45, 2.75) is 12.6 Å². The van der Waals surface area contributed by atoms with Crippen LogP contribution in [-0.4, -0.2) is 11.6 Å². The second-order valence-corrected chi connectivity index (χ2v) is 4.21. The van der Waals surface area contributed by atoms with E-state index in [0.717, 1.165) is 11.3 Å². The molecule has 2 aliphatic heterocycles. The summed E-state index contributed by atoms with van der Waals surface area (Å²) in [5, 5.41) is 3.17. The highest BCUT2D eigenvalue weighted by Crippen LogP contribution is 2.32. The molecule has 0 spiro atoms. The van der Waals surface area contributed by atoms with E-state index in [1.807, 2.05) is 49.5 Å². The Morgan fingerprint density at radius 3 is 2.94 bits per heavy atom. The van der Waals surface area contributed by atoms with Crippen molar-refractivity contribution >= 4 is 11.6 Å². The molecule has 2 heterocycles. The molecule has 4 heteroatoms. The number of fused-ring (bicyclic) bond motifs is 1. The molecule has 1 unspecified atom stereocenters. The maximum atomic E-state index is 5.92. The zero-order valence-electron chi connectivity index (χ0n) is 9.47. The Labute approximate surface area is 99.5 Å². The first kappa shape index (κ1) is 9.96. The molecule has 2 aliphatic rings. The first-order chi connectivity index (χ1) is 8.19. The summed E-state index contributed by atoms with van der Waals surface area (Å²) >= 11 is 0. The average Bonchev–Trinajstić information content (AvgIpc) is 2.66. The van der Waals surface area contributed by atoms with Crippen LogP contribution in [0.4, 0.5) is 5.69 Å². The van der Waals surface area contributed by atoms with Gasteiger partial charge in [-0.05, 0) is 37.4 Å². The number of hydrogen-bond donors (Lipinski definition) is 2. The third kappa shape index (κ3) is 1.49. The minimum Gasteiger partial charge on any atom is -0.438 e. The molecule has 0 amide bonds. The summed E-state index contributed by atoms with van der Waals surface area (Å²) in [6, 6.07) is 7.55. The predicted molar refractivity (Wildman–Crippen MR) is 67.2 cm³/mol. The minimum atomic E-state index is -0.508. The lowest BCUT2D eigenvalue weighted by molar-refractivity contribution is 0.345. The molecule has 1 aromatic rings. The Hall–Kier alpha value is -2.23. The van der Waals surface area contributed by atoms with Crippen LogP contribution < -0.4 is 11.1 Å². The highest BCUT2D eigenvalue weighted by atomic mass is 16.5. The number of allylic oxidation sites excluding steroid dienone is 2. The molecule has 3 rings (SSSR count). The van der Waals surface area contributed by atoms with Crippen LogP contribution in [0, 0.1) is 0 Å². The maximum absolute atomic E-state index is 5.92. The number of nitrogens with zero attached hydrogens (tertiary/aromatic N) is 1.